The Labute approximate surface area is 158 Å². The van der Waals surface area contributed by atoms with E-state index in [9.17, 15) is 0 Å². The normalized spacial score (nSPS) is 11.7. The highest BCUT2D eigenvalue weighted by Gasteiger charge is 2.11. The van der Waals surface area contributed by atoms with Crippen LogP contribution in [-0.2, 0) is 0 Å². The maximum atomic E-state index is 6.01. The minimum atomic E-state index is 0.216. The molecule has 0 saturated heterocycles. The van der Waals surface area contributed by atoms with Gasteiger partial charge in [0, 0.05) is 11.5 Å². The van der Waals surface area contributed by atoms with Crippen LogP contribution in [0.25, 0.3) is 10.8 Å². The van der Waals surface area contributed by atoms with E-state index in [1.807, 2.05) is 24.4 Å². The zero-order chi connectivity index (χ0) is 18.5. The summed E-state index contributed by atoms with van der Waals surface area (Å²) in [5.41, 5.74) is 0.956. The van der Waals surface area contributed by atoms with Crippen LogP contribution < -0.4 is 4.74 Å². The Morgan fingerprint density at radius 2 is 2.08 bits per heavy atom. The molecule has 0 radical (unpaired) electrons. The summed E-state index contributed by atoms with van der Waals surface area (Å²) in [6, 6.07) is 12.3. The van der Waals surface area contributed by atoms with Crippen LogP contribution in [0, 0.1) is 4.77 Å². The number of benzene rings is 2. The number of H-pyrrole nitrogens is 1. The molecule has 1 aromatic heterocycles. The van der Waals surface area contributed by atoms with E-state index in [1.54, 1.807) is 4.68 Å². The van der Waals surface area contributed by atoms with E-state index in [2.05, 4.69) is 54.3 Å². The van der Waals surface area contributed by atoms with Gasteiger partial charge in [-0.1, -0.05) is 57.5 Å². The van der Waals surface area contributed by atoms with E-state index in [4.69, 9.17) is 17.0 Å². The Morgan fingerprint density at radius 3 is 2.85 bits per heavy atom. The Balaban J connectivity index is 2.06. The molecular weight excluding hydrogens is 344 g/mol. The van der Waals surface area contributed by atoms with Crippen molar-refractivity contribution in [1.82, 2.24) is 14.9 Å². The number of rotatable bonds is 7. The number of nitrogens with one attached hydrogen (secondary N) is 1. The van der Waals surface area contributed by atoms with Crippen LogP contribution in [0.15, 0.2) is 41.5 Å². The average molecular weight is 369 g/mol. The van der Waals surface area contributed by atoms with Crippen LogP contribution in [0.5, 0.6) is 5.75 Å². The summed E-state index contributed by atoms with van der Waals surface area (Å²) in [6.45, 7) is 6.97. The largest absolute Gasteiger partial charge is 0.493 e. The molecule has 0 atom stereocenters. The molecule has 3 rings (SSSR count). The highest BCUT2D eigenvalue weighted by Crippen LogP contribution is 2.27. The van der Waals surface area contributed by atoms with Crippen LogP contribution in [-0.4, -0.2) is 27.7 Å². The summed E-state index contributed by atoms with van der Waals surface area (Å²) < 4.78 is 8.18. The van der Waals surface area contributed by atoms with Crippen LogP contribution in [0.4, 0.5) is 0 Å². The molecule has 2 aromatic carbocycles. The van der Waals surface area contributed by atoms with Crippen molar-refractivity contribution >= 4 is 29.2 Å². The molecule has 0 aliphatic carbocycles. The highest BCUT2D eigenvalue weighted by molar-refractivity contribution is 7.71. The number of ether oxygens (including phenoxy) is 1. The van der Waals surface area contributed by atoms with Gasteiger partial charge >= 0.3 is 0 Å². The first-order valence-electron chi connectivity index (χ1n) is 8.98. The number of aromatic nitrogens is 3. The molecule has 1 N–H and O–H groups in total. The maximum Gasteiger partial charge on any atom is 0.216 e. The van der Waals surface area contributed by atoms with Crippen molar-refractivity contribution in [2.75, 3.05) is 6.61 Å². The number of hydrogen-bond acceptors (Lipinski definition) is 4. The fourth-order valence-corrected chi connectivity index (χ4v) is 2.95. The second kappa shape index (κ2) is 8.27. The molecule has 0 fully saturated rings. The van der Waals surface area contributed by atoms with E-state index in [-0.39, 0.29) is 5.92 Å². The van der Waals surface area contributed by atoms with Crippen molar-refractivity contribution in [2.24, 2.45) is 5.10 Å². The number of hydrogen-bond donors (Lipinski definition) is 1. The quantitative estimate of drug-likeness (QED) is 0.351. The van der Waals surface area contributed by atoms with E-state index < -0.39 is 0 Å². The van der Waals surface area contributed by atoms with E-state index in [0.717, 1.165) is 40.8 Å². The molecule has 3 aromatic rings. The lowest BCUT2D eigenvalue weighted by molar-refractivity contribution is 0.309. The Morgan fingerprint density at radius 1 is 1.27 bits per heavy atom. The van der Waals surface area contributed by atoms with E-state index in [0.29, 0.717) is 11.4 Å². The van der Waals surface area contributed by atoms with Crippen molar-refractivity contribution < 1.29 is 4.74 Å². The fourth-order valence-electron chi connectivity index (χ4n) is 2.77. The molecule has 0 unspecified atom stereocenters. The first-order chi connectivity index (χ1) is 12.6. The summed E-state index contributed by atoms with van der Waals surface area (Å²) in [5, 5.41) is 14.0. The molecule has 0 spiro atoms. The number of nitrogens with zero attached hydrogens (tertiary/aromatic N) is 3. The third kappa shape index (κ3) is 3.85. The van der Waals surface area contributed by atoms with Crippen molar-refractivity contribution in [3.05, 3.63) is 52.6 Å². The maximum absolute atomic E-state index is 6.01. The van der Waals surface area contributed by atoms with Gasteiger partial charge < -0.3 is 4.74 Å². The molecule has 26 heavy (non-hydrogen) atoms. The summed E-state index contributed by atoms with van der Waals surface area (Å²) in [7, 11) is 0. The third-order valence-electron chi connectivity index (χ3n) is 4.18. The predicted molar refractivity (Wildman–Crippen MR) is 109 cm³/mol. The van der Waals surface area contributed by atoms with Crippen molar-refractivity contribution in [1.29, 1.82) is 0 Å². The minimum Gasteiger partial charge on any atom is -0.493 e. The van der Waals surface area contributed by atoms with Crippen LogP contribution in [0.3, 0.4) is 0 Å². The van der Waals surface area contributed by atoms with E-state index >= 15 is 0 Å². The minimum absolute atomic E-state index is 0.216. The van der Waals surface area contributed by atoms with Gasteiger partial charge in [0.05, 0.1) is 12.8 Å². The Hall–Kier alpha value is -2.47. The lowest BCUT2D eigenvalue weighted by Gasteiger charge is -2.11. The van der Waals surface area contributed by atoms with Gasteiger partial charge in [0.25, 0.3) is 0 Å². The molecule has 5 nitrogen and oxygen atoms in total. The Kier molecular flexibility index (Phi) is 5.83. The summed E-state index contributed by atoms with van der Waals surface area (Å²) in [5.74, 6) is 1.86. The van der Waals surface area contributed by atoms with Crippen molar-refractivity contribution in [3.63, 3.8) is 0 Å². The predicted octanol–water partition coefficient (Wildman–Crippen LogP) is 5.28. The van der Waals surface area contributed by atoms with Crippen LogP contribution in [0.2, 0.25) is 0 Å². The fraction of sp³-hybridized carbons (Fsp3) is 0.350. The lowest BCUT2D eigenvalue weighted by atomic mass is 10.0. The molecule has 0 saturated carbocycles. The first kappa shape index (κ1) is 18.3. The lowest BCUT2D eigenvalue weighted by Crippen LogP contribution is -2.03. The zero-order valence-corrected chi connectivity index (χ0v) is 16.2. The summed E-state index contributed by atoms with van der Waals surface area (Å²) >= 11 is 5.32. The second-order valence-corrected chi connectivity index (χ2v) is 6.89. The van der Waals surface area contributed by atoms with Crippen molar-refractivity contribution in [3.8, 4) is 5.75 Å². The number of fused-ring (bicyclic) bond motifs is 1. The zero-order valence-electron chi connectivity index (χ0n) is 15.4. The van der Waals surface area contributed by atoms with Gasteiger partial charge in [0.2, 0.25) is 4.77 Å². The summed E-state index contributed by atoms with van der Waals surface area (Å²) in [4.78, 5) is 0. The monoisotopic (exact) mass is 368 g/mol. The molecule has 136 valence electrons. The number of aromatic amines is 1. The van der Waals surface area contributed by atoms with Gasteiger partial charge in [-0.15, -0.1) is 0 Å². The average Bonchev–Trinajstić information content (AvgIpc) is 3.01. The first-order valence-corrected chi connectivity index (χ1v) is 9.38. The molecule has 1 heterocycles. The van der Waals surface area contributed by atoms with Gasteiger partial charge in [-0.25, -0.2) is 0 Å². The van der Waals surface area contributed by atoms with Gasteiger partial charge in [-0.3, -0.25) is 5.10 Å². The van der Waals surface area contributed by atoms with Crippen LogP contribution in [0.1, 0.15) is 50.9 Å². The molecule has 0 aliphatic heterocycles. The van der Waals surface area contributed by atoms with Gasteiger partial charge in [0.1, 0.15) is 5.75 Å². The SMILES string of the molecule is CCCCOc1ccc2ccccc2c1/C=N\n1c(C(C)C)n[nH]c1=S. The molecule has 6 heteroatoms. The molecular formula is C20H24N4OS. The van der Waals surface area contributed by atoms with Crippen molar-refractivity contribution in [2.45, 2.75) is 39.5 Å². The third-order valence-corrected chi connectivity index (χ3v) is 4.44. The van der Waals surface area contributed by atoms with Gasteiger partial charge in [-0.2, -0.15) is 14.9 Å². The smallest absolute Gasteiger partial charge is 0.216 e. The second-order valence-electron chi connectivity index (χ2n) is 6.50. The number of unbranched alkanes of at least 4 members (excludes halogenated alkanes) is 1. The highest BCUT2D eigenvalue weighted by atomic mass is 32.1. The van der Waals surface area contributed by atoms with E-state index in [1.165, 1.54) is 0 Å². The molecule has 0 bridgehead atoms. The summed E-state index contributed by atoms with van der Waals surface area (Å²) in [6.07, 6.45) is 3.94. The Bertz CT molecular complexity index is 971. The topological polar surface area (TPSA) is 55.2 Å². The molecule has 0 aliphatic rings. The molecule has 0 amide bonds. The standard InChI is InChI=1S/C20H24N4OS/c1-4-5-12-25-18-11-10-15-8-6-7-9-16(15)17(18)13-21-24-19(14(2)3)22-23-20(24)26/h6-11,13-14H,4-5,12H2,1-3H3,(H,23,26)/b21-13-. The van der Waals surface area contributed by atoms with Crippen LogP contribution >= 0.6 is 12.2 Å². The van der Waals surface area contributed by atoms with Gasteiger partial charge in [0.15, 0.2) is 5.82 Å². The van der Waals surface area contributed by atoms with Gasteiger partial charge in [-0.05, 0) is 35.5 Å².